The predicted molar refractivity (Wildman–Crippen MR) is 108 cm³/mol. The van der Waals surface area contributed by atoms with Gasteiger partial charge >= 0.3 is 0 Å². The molecular weight excluding hydrogens is 330 g/mol. The Morgan fingerprint density at radius 1 is 1.08 bits per heavy atom. The highest BCUT2D eigenvalue weighted by atomic mass is 16.5. The zero-order chi connectivity index (χ0) is 19.2. The van der Waals surface area contributed by atoms with Crippen LogP contribution in [0, 0.1) is 5.92 Å². The van der Waals surface area contributed by atoms with Gasteiger partial charge in [0.2, 0.25) is 5.91 Å². The van der Waals surface area contributed by atoms with Gasteiger partial charge in [0, 0.05) is 52.2 Å². The third-order valence-corrected chi connectivity index (χ3v) is 5.03. The fourth-order valence-corrected chi connectivity index (χ4v) is 3.40. The number of nitrogens with one attached hydrogen (secondary N) is 3. The van der Waals surface area contributed by atoms with Crippen molar-refractivity contribution < 1.29 is 9.53 Å². The van der Waals surface area contributed by atoms with E-state index in [0.29, 0.717) is 24.9 Å². The number of rotatable bonds is 11. The predicted octanol–water partition coefficient (Wildman–Crippen LogP) is 1.20. The van der Waals surface area contributed by atoms with Gasteiger partial charge in [-0.3, -0.25) is 14.7 Å². The second kappa shape index (κ2) is 13.8. The molecule has 0 aromatic carbocycles. The third-order valence-electron chi connectivity index (χ3n) is 5.03. The molecule has 1 aliphatic heterocycles. The molecule has 7 heteroatoms. The Bertz CT molecular complexity index is 407. The molecule has 0 radical (unpaired) electrons. The second-order valence-corrected chi connectivity index (χ2v) is 6.77. The Balaban J connectivity index is 2.46. The number of ether oxygens (including phenoxy) is 1. The van der Waals surface area contributed by atoms with Crippen LogP contribution in [0.2, 0.25) is 0 Å². The minimum Gasteiger partial charge on any atom is -0.379 e. The van der Waals surface area contributed by atoms with Crippen LogP contribution < -0.4 is 16.0 Å². The van der Waals surface area contributed by atoms with Crippen LogP contribution in [-0.4, -0.2) is 75.8 Å². The van der Waals surface area contributed by atoms with Crippen molar-refractivity contribution in [2.45, 2.75) is 52.5 Å². The number of hydrogen-bond donors (Lipinski definition) is 3. The van der Waals surface area contributed by atoms with E-state index < -0.39 is 0 Å². The maximum absolute atomic E-state index is 11.7. The van der Waals surface area contributed by atoms with Crippen molar-refractivity contribution in [1.29, 1.82) is 0 Å². The Labute approximate surface area is 159 Å². The van der Waals surface area contributed by atoms with Crippen molar-refractivity contribution in [3.8, 4) is 0 Å². The molecule has 1 amide bonds. The van der Waals surface area contributed by atoms with E-state index in [4.69, 9.17) is 4.74 Å². The summed E-state index contributed by atoms with van der Waals surface area (Å²) in [4.78, 5) is 18.5. The molecule has 1 unspecified atom stereocenters. The lowest BCUT2D eigenvalue weighted by atomic mass is 9.92. The monoisotopic (exact) mass is 369 g/mol. The van der Waals surface area contributed by atoms with Gasteiger partial charge in [-0.2, -0.15) is 0 Å². The summed E-state index contributed by atoms with van der Waals surface area (Å²) in [6.45, 7) is 12.4. The van der Waals surface area contributed by atoms with Gasteiger partial charge in [-0.25, -0.2) is 0 Å². The SMILES string of the molecule is CCCNC(=O)CCNC(=NC)NCC(C(CC)CC)N1CCOCC1. The maximum atomic E-state index is 11.7. The van der Waals surface area contributed by atoms with Crippen molar-refractivity contribution in [1.82, 2.24) is 20.9 Å². The summed E-state index contributed by atoms with van der Waals surface area (Å²) in [5.74, 6) is 1.49. The molecule has 1 aliphatic rings. The average molecular weight is 370 g/mol. The van der Waals surface area contributed by atoms with Crippen LogP contribution in [-0.2, 0) is 9.53 Å². The standard InChI is InChI=1S/C19H39N5O2/c1-5-9-21-18(25)8-10-22-19(20-4)23-15-17(16(6-2)7-3)24-11-13-26-14-12-24/h16-17H,5-15H2,1-4H3,(H,21,25)(H2,20,22,23). The van der Waals surface area contributed by atoms with E-state index in [2.05, 4.69) is 46.6 Å². The Hall–Kier alpha value is -1.34. The van der Waals surface area contributed by atoms with Crippen LogP contribution in [0.15, 0.2) is 4.99 Å². The van der Waals surface area contributed by atoms with Gasteiger partial charge in [0.15, 0.2) is 5.96 Å². The van der Waals surface area contributed by atoms with Crippen LogP contribution >= 0.6 is 0 Å². The summed E-state index contributed by atoms with van der Waals surface area (Å²) in [5.41, 5.74) is 0. The molecule has 26 heavy (non-hydrogen) atoms. The molecule has 0 aromatic rings. The highest BCUT2D eigenvalue weighted by Crippen LogP contribution is 2.19. The van der Waals surface area contributed by atoms with Crippen LogP contribution in [0.5, 0.6) is 0 Å². The lowest BCUT2D eigenvalue weighted by molar-refractivity contribution is -0.120. The molecule has 1 rings (SSSR count). The van der Waals surface area contributed by atoms with Crippen molar-refractivity contribution >= 4 is 11.9 Å². The largest absolute Gasteiger partial charge is 0.379 e. The first-order valence-corrected chi connectivity index (χ1v) is 10.2. The molecule has 0 aliphatic carbocycles. The van der Waals surface area contributed by atoms with E-state index in [-0.39, 0.29) is 5.91 Å². The molecular formula is C19H39N5O2. The first-order valence-electron chi connectivity index (χ1n) is 10.2. The molecule has 1 saturated heterocycles. The van der Waals surface area contributed by atoms with E-state index in [1.807, 2.05) is 0 Å². The smallest absolute Gasteiger partial charge is 0.221 e. The minimum absolute atomic E-state index is 0.0815. The third kappa shape index (κ3) is 8.36. The molecule has 0 aromatic heterocycles. The number of carbonyl (C=O) groups is 1. The molecule has 0 bridgehead atoms. The Morgan fingerprint density at radius 2 is 1.77 bits per heavy atom. The summed E-state index contributed by atoms with van der Waals surface area (Å²) in [6.07, 6.45) is 3.76. The normalized spacial score (nSPS) is 17.2. The van der Waals surface area contributed by atoms with E-state index in [0.717, 1.165) is 51.8 Å². The van der Waals surface area contributed by atoms with E-state index >= 15 is 0 Å². The fourth-order valence-electron chi connectivity index (χ4n) is 3.40. The number of hydrogen-bond acceptors (Lipinski definition) is 4. The van der Waals surface area contributed by atoms with Crippen molar-refractivity contribution in [2.75, 3.05) is 53.0 Å². The van der Waals surface area contributed by atoms with Gasteiger partial charge in [-0.1, -0.05) is 33.6 Å². The first kappa shape index (κ1) is 22.7. The van der Waals surface area contributed by atoms with E-state index in [9.17, 15) is 4.79 Å². The fraction of sp³-hybridized carbons (Fsp3) is 0.895. The molecule has 0 saturated carbocycles. The van der Waals surface area contributed by atoms with Crippen LogP contribution in [0.25, 0.3) is 0 Å². The van der Waals surface area contributed by atoms with Crippen molar-refractivity contribution in [3.05, 3.63) is 0 Å². The molecule has 1 heterocycles. The van der Waals surface area contributed by atoms with Crippen LogP contribution in [0.4, 0.5) is 0 Å². The highest BCUT2D eigenvalue weighted by molar-refractivity contribution is 5.81. The van der Waals surface area contributed by atoms with Gasteiger partial charge in [0.1, 0.15) is 0 Å². The summed E-state index contributed by atoms with van der Waals surface area (Å²) in [5, 5.41) is 9.59. The van der Waals surface area contributed by atoms with Gasteiger partial charge < -0.3 is 20.7 Å². The summed E-state index contributed by atoms with van der Waals surface area (Å²) in [6, 6.07) is 0.473. The molecule has 152 valence electrons. The molecule has 3 N–H and O–H groups in total. The summed E-state index contributed by atoms with van der Waals surface area (Å²) >= 11 is 0. The van der Waals surface area contributed by atoms with Crippen molar-refractivity contribution in [2.24, 2.45) is 10.9 Å². The zero-order valence-corrected chi connectivity index (χ0v) is 17.1. The summed E-state index contributed by atoms with van der Waals surface area (Å²) in [7, 11) is 1.77. The number of amides is 1. The number of carbonyl (C=O) groups excluding carboxylic acids is 1. The minimum atomic E-state index is 0.0815. The number of aliphatic imine (C=N–C) groups is 1. The number of nitrogens with zero attached hydrogens (tertiary/aromatic N) is 2. The molecule has 7 nitrogen and oxygen atoms in total. The number of guanidine groups is 1. The zero-order valence-electron chi connectivity index (χ0n) is 17.1. The second-order valence-electron chi connectivity index (χ2n) is 6.77. The number of morpholine rings is 1. The highest BCUT2D eigenvalue weighted by Gasteiger charge is 2.26. The molecule has 1 fully saturated rings. The Morgan fingerprint density at radius 3 is 2.35 bits per heavy atom. The van der Waals surface area contributed by atoms with Gasteiger partial charge in [-0.15, -0.1) is 0 Å². The first-order chi connectivity index (χ1) is 12.7. The lowest BCUT2D eigenvalue weighted by Gasteiger charge is -2.39. The van der Waals surface area contributed by atoms with Crippen molar-refractivity contribution in [3.63, 3.8) is 0 Å². The van der Waals surface area contributed by atoms with Gasteiger partial charge in [0.05, 0.1) is 13.2 Å². The maximum Gasteiger partial charge on any atom is 0.221 e. The van der Waals surface area contributed by atoms with Gasteiger partial charge in [0.25, 0.3) is 0 Å². The quantitative estimate of drug-likeness (QED) is 0.377. The summed E-state index contributed by atoms with van der Waals surface area (Å²) < 4.78 is 5.51. The van der Waals surface area contributed by atoms with E-state index in [1.165, 1.54) is 12.8 Å². The van der Waals surface area contributed by atoms with Crippen LogP contribution in [0.1, 0.15) is 46.5 Å². The molecule has 0 spiro atoms. The topological polar surface area (TPSA) is 78.0 Å². The average Bonchev–Trinajstić information content (AvgIpc) is 2.68. The van der Waals surface area contributed by atoms with Gasteiger partial charge in [-0.05, 0) is 12.3 Å². The van der Waals surface area contributed by atoms with Crippen LogP contribution in [0.3, 0.4) is 0 Å². The Kier molecular flexibility index (Phi) is 12.1. The molecule has 1 atom stereocenters. The lowest BCUT2D eigenvalue weighted by Crippen LogP contribution is -2.53. The van der Waals surface area contributed by atoms with E-state index in [1.54, 1.807) is 7.05 Å².